The second kappa shape index (κ2) is 7.13. The number of oxazole rings is 1. The van der Waals surface area contributed by atoms with Crippen molar-refractivity contribution in [1.82, 2.24) is 20.1 Å². The minimum absolute atomic E-state index is 0.0378. The van der Waals surface area contributed by atoms with Gasteiger partial charge in [0.25, 0.3) is 0 Å². The lowest BCUT2D eigenvalue weighted by molar-refractivity contribution is -0.133. The van der Waals surface area contributed by atoms with E-state index in [0.717, 1.165) is 75.6 Å². The van der Waals surface area contributed by atoms with Gasteiger partial charge in [0.1, 0.15) is 5.76 Å². The van der Waals surface area contributed by atoms with Gasteiger partial charge in [0.2, 0.25) is 5.91 Å². The number of amides is 1. The van der Waals surface area contributed by atoms with Crippen LogP contribution in [0.5, 0.6) is 0 Å². The summed E-state index contributed by atoms with van der Waals surface area (Å²) in [6, 6.07) is 0.245. The van der Waals surface area contributed by atoms with Crippen LogP contribution in [0, 0.1) is 25.2 Å². The number of rotatable bonds is 4. The first-order chi connectivity index (χ1) is 13.2. The summed E-state index contributed by atoms with van der Waals surface area (Å²) >= 11 is 0. The molecule has 3 heterocycles. The SMILES string of the molecule is Cc1nc(C)c(CN2CCCC3(C2)C(NC(=O)C2CC(C)(C)C2)CCN3C)o1. The number of hydrogen-bond acceptors (Lipinski definition) is 5. The molecule has 2 aliphatic heterocycles. The number of likely N-dealkylation sites (tertiary alicyclic amines) is 2. The first-order valence-electron chi connectivity index (χ1n) is 10.9. The van der Waals surface area contributed by atoms with Gasteiger partial charge in [-0.2, -0.15) is 0 Å². The Hall–Kier alpha value is -1.40. The van der Waals surface area contributed by atoms with Crippen LogP contribution >= 0.6 is 0 Å². The van der Waals surface area contributed by atoms with Gasteiger partial charge in [0, 0.05) is 32.0 Å². The highest BCUT2D eigenvalue weighted by Crippen LogP contribution is 2.45. The van der Waals surface area contributed by atoms with E-state index in [1.54, 1.807) is 0 Å². The van der Waals surface area contributed by atoms with Crippen LogP contribution < -0.4 is 5.32 Å². The molecule has 3 fully saturated rings. The summed E-state index contributed by atoms with van der Waals surface area (Å²) in [4.78, 5) is 22.3. The van der Waals surface area contributed by atoms with E-state index in [1.807, 2.05) is 13.8 Å². The summed E-state index contributed by atoms with van der Waals surface area (Å²) in [5, 5.41) is 3.47. The molecule has 0 bridgehead atoms. The maximum absolute atomic E-state index is 12.9. The molecule has 6 heteroatoms. The van der Waals surface area contributed by atoms with Crippen LogP contribution in [0.3, 0.4) is 0 Å². The Kier molecular flexibility index (Phi) is 5.07. The molecule has 6 nitrogen and oxygen atoms in total. The van der Waals surface area contributed by atoms with E-state index >= 15 is 0 Å². The standard InChI is InChI=1S/C22H36N4O2/c1-15-18(28-16(2)23-15)13-26-9-6-8-22(14-26)19(7-10-25(22)5)24-20(27)17-11-21(3,4)12-17/h17,19H,6-14H2,1-5H3,(H,24,27). The van der Waals surface area contributed by atoms with E-state index in [1.165, 1.54) is 0 Å². The van der Waals surface area contributed by atoms with Gasteiger partial charge in [-0.25, -0.2) is 4.98 Å². The number of nitrogens with one attached hydrogen (secondary N) is 1. The van der Waals surface area contributed by atoms with Gasteiger partial charge in [-0.05, 0) is 58.0 Å². The fourth-order valence-electron chi connectivity index (χ4n) is 5.84. The lowest BCUT2D eigenvalue weighted by Gasteiger charge is -2.48. The van der Waals surface area contributed by atoms with Crippen LogP contribution in [0.15, 0.2) is 4.42 Å². The quantitative estimate of drug-likeness (QED) is 0.859. The van der Waals surface area contributed by atoms with E-state index in [-0.39, 0.29) is 23.4 Å². The zero-order valence-electron chi connectivity index (χ0n) is 18.2. The summed E-state index contributed by atoms with van der Waals surface area (Å²) in [5.41, 5.74) is 1.37. The normalized spacial score (nSPS) is 31.2. The number of carbonyl (C=O) groups is 1. The van der Waals surface area contributed by atoms with Crippen LogP contribution in [0.25, 0.3) is 0 Å². The molecule has 0 aromatic carbocycles. The minimum Gasteiger partial charge on any atom is -0.444 e. The van der Waals surface area contributed by atoms with Crippen LogP contribution in [0.1, 0.15) is 63.3 Å². The Balaban J connectivity index is 1.44. The molecule has 1 N–H and O–H groups in total. The molecular weight excluding hydrogens is 352 g/mol. The summed E-state index contributed by atoms with van der Waals surface area (Å²) in [7, 11) is 2.23. The highest BCUT2D eigenvalue weighted by Gasteiger charge is 2.51. The summed E-state index contributed by atoms with van der Waals surface area (Å²) in [6.45, 7) is 12.4. The maximum atomic E-state index is 12.9. The van der Waals surface area contributed by atoms with E-state index in [0.29, 0.717) is 5.41 Å². The molecule has 0 radical (unpaired) electrons. The van der Waals surface area contributed by atoms with Crippen molar-refractivity contribution in [3.05, 3.63) is 17.3 Å². The summed E-state index contributed by atoms with van der Waals surface area (Å²) in [6.07, 6.45) is 5.39. The Morgan fingerprint density at radius 3 is 2.68 bits per heavy atom. The van der Waals surface area contributed by atoms with Gasteiger partial charge in [-0.1, -0.05) is 13.8 Å². The topological polar surface area (TPSA) is 61.6 Å². The summed E-state index contributed by atoms with van der Waals surface area (Å²) in [5.74, 6) is 2.20. The number of likely N-dealkylation sites (N-methyl/N-ethyl adjacent to an activating group) is 1. The van der Waals surface area contributed by atoms with Crippen molar-refractivity contribution in [3.8, 4) is 0 Å². The van der Waals surface area contributed by atoms with E-state index < -0.39 is 0 Å². The zero-order valence-corrected chi connectivity index (χ0v) is 18.2. The number of hydrogen-bond donors (Lipinski definition) is 1. The second-order valence-corrected chi connectivity index (χ2v) is 10.2. The van der Waals surface area contributed by atoms with Crippen LogP contribution in [-0.2, 0) is 11.3 Å². The highest BCUT2D eigenvalue weighted by molar-refractivity contribution is 5.80. The van der Waals surface area contributed by atoms with E-state index in [9.17, 15) is 4.79 Å². The van der Waals surface area contributed by atoms with Gasteiger partial charge in [-0.3, -0.25) is 14.6 Å². The fraction of sp³-hybridized carbons (Fsp3) is 0.818. The smallest absolute Gasteiger partial charge is 0.223 e. The highest BCUT2D eigenvalue weighted by atomic mass is 16.4. The first-order valence-corrected chi connectivity index (χ1v) is 10.9. The molecule has 1 saturated carbocycles. The molecule has 1 aromatic heterocycles. The molecule has 156 valence electrons. The third kappa shape index (κ3) is 3.61. The average molecular weight is 389 g/mol. The van der Waals surface area contributed by atoms with E-state index in [4.69, 9.17) is 4.42 Å². The average Bonchev–Trinajstić information content (AvgIpc) is 3.06. The fourth-order valence-corrected chi connectivity index (χ4v) is 5.84. The Morgan fingerprint density at radius 1 is 1.29 bits per heavy atom. The number of aryl methyl sites for hydroxylation is 2. The molecule has 1 aliphatic carbocycles. The number of aromatic nitrogens is 1. The molecular formula is C22H36N4O2. The van der Waals surface area contributed by atoms with Crippen molar-refractivity contribution in [1.29, 1.82) is 0 Å². The second-order valence-electron chi connectivity index (χ2n) is 10.2. The van der Waals surface area contributed by atoms with E-state index in [2.05, 4.69) is 41.0 Å². The molecule has 2 atom stereocenters. The van der Waals surface area contributed by atoms with Gasteiger partial charge in [0.15, 0.2) is 5.89 Å². The number of nitrogens with zero attached hydrogens (tertiary/aromatic N) is 3. The van der Waals surface area contributed by atoms with Crippen molar-refractivity contribution in [2.75, 3.05) is 26.7 Å². The Bertz CT molecular complexity index is 735. The van der Waals surface area contributed by atoms with Crippen LogP contribution in [0.4, 0.5) is 0 Å². The largest absolute Gasteiger partial charge is 0.444 e. The molecule has 1 aromatic rings. The zero-order chi connectivity index (χ0) is 20.1. The number of piperidine rings is 1. The molecule has 1 amide bonds. The lowest BCUT2D eigenvalue weighted by atomic mass is 9.64. The number of carbonyl (C=O) groups excluding carboxylic acids is 1. The third-order valence-electron chi connectivity index (χ3n) is 7.40. The van der Waals surface area contributed by atoms with Crippen molar-refractivity contribution in [3.63, 3.8) is 0 Å². The third-order valence-corrected chi connectivity index (χ3v) is 7.40. The van der Waals surface area contributed by atoms with Crippen molar-refractivity contribution < 1.29 is 9.21 Å². The van der Waals surface area contributed by atoms with Crippen molar-refractivity contribution in [2.45, 2.75) is 77.9 Å². The molecule has 2 saturated heterocycles. The monoisotopic (exact) mass is 388 g/mol. The lowest BCUT2D eigenvalue weighted by Crippen LogP contribution is -2.64. The van der Waals surface area contributed by atoms with Crippen molar-refractivity contribution >= 4 is 5.91 Å². The molecule has 2 unspecified atom stereocenters. The predicted octanol–water partition coefficient (Wildman–Crippen LogP) is 2.88. The molecule has 4 rings (SSSR count). The first kappa shape index (κ1) is 19.9. The summed E-state index contributed by atoms with van der Waals surface area (Å²) < 4.78 is 5.82. The van der Waals surface area contributed by atoms with Crippen LogP contribution in [-0.4, -0.2) is 59.0 Å². The van der Waals surface area contributed by atoms with Crippen LogP contribution in [0.2, 0.25) is 0 Å². The van der Waals surface area contributed by atoms with Gasteiger partial charge in [0.05, 0.1) is 17.8 Å². The van der Waals surface area contributed by atoms with Gasteiger partial charge < -0.3 is 9.73 Å². The van der Waals surface area contributed by atoms with Gasteiger partial charge >= 0.3 is 0 Å². The predicted molar refractivity (Wildman–Crippen MR) is 109 cm³/mol. The minimum atomic E-state index is 0.0378. The van der Waals surface area contributed by atoms with Crippen molar-refractivity contribution in [2.24, 2.45) is 11.3 Å². The Morgan fingerprint density at radius 2 is 2.04 bits per heavy atom. The molecule has 28 heavy (non-hydrogen) atoms. The maximum Gasteiger partial charge on any atom is 0.223 e. The van der Waals surface area contributed by atoms with Gasteiger partial charge in [-0.15, -0.1) is 0 Å². The molecule has 1 spiro atoms. The molecule has 3 aliphatic rings. The Labute approximate surface area is 169 Å².